The highest BCUT2D eigenvalue weighted by molar-refractivity contribution is 9.08. The number of benzene rings is 2. The first-order valence-corrected chi connectivity index (χ1v) is 6.77. The molecule has 0 N–H and O–H groups in total. The van der Waals surface area contributed by atoms with Crippen molar-refractivity contribution in [2.24, 2.45) is 0 Å². The topological polar surface area (TPSA) is 56.8 Å². The molecule has 0 radical (unpaired) electrons. The van der Waals surface area contributed by atoms with Gasteiger partial charge in [-0.25, -0.2) is 4.39 Å². The molecule has 5 heteroatoms. The van der Waals surface area contributed by atoms with Crippen molar-refractivity contribution < 1.29 is 9.13 Å². The van der Waals surface area contributed by atoms with Gasteiger partial charge in [-0.3, -0.25) is 0 Å². The molecule has 0 atom stereocenters. The fraction of sp³-hybridized carbons (Fsp3) is 0.0667. The smallest absolute Gasteiger partial charge is 0.148 e. The first kappa shape index (κ1) is 14.0. The van der Waals surface area contributed by atoms with Crippen molar-refractivity contribution in [3.63, 3.8) is 0 Å². The van der Waals surface area contributed by atoms with Crippen LogP contribution < -0.4 is 4.74 Å². The zero-order valence-corrected chi connectivity index (χ0v) is 11.8. The summed E-state index contributed by atoms with van der Waals surface area (Å²) in [6, 6.07) is 13.0. The summed E-state index contributed by atoms with van der Waals surface area (Å²) in [4.78, 5) is 0. The lowest BCUT2D eigenvalue weighted by Crippen LogP contribution is -1.94. The number of halogens is 2. The molecule has 20 heavy (non-hydrogen) atoms. The van der Waals surface area contributed by atoms with Gasteiger partial charge in [-0.15, -0.1) is 0 Å². The molecule has 2 aromatic rings. The van der Waals surface area contributed by atoms with Gasteiger partial charge in [0.25, 0.3) is 0 Å². The Kier molecular flexibility index (Phi) is 4.34. The summed E-state index contributed by atoms with van der Waals surface area (Å²) in [7, 11) is 0. The van der Waals surface area contributed by atoms with Crippen molar-refractivity contribution >= 4 is 15.9 Å². The Bertz CT molecular complexity index is 732. The van der Waals surface area contributed by atoms with Gasteiger partial charge in [0.15, 0.2) is 0 Å². The minimum absolute atomic E-state index is 0.0931. The van der Waals surface area contributed by atoms with Crippen molar-refractivity contribution in [1.82, 2.24) is 0 Å². The fourth-order valence-corrected chi connectivity index (χ4v) is 2.00. The van der Waals surface area contributed by atoms with E-state index in [4.69, 9.17) is 15.3 Å². The van der Waals surface area contributed by atoms with E-state index in [0.717, 1.165) is 5.56 Å². The SMILES string of the molecule is N#Cc1cc(CBr)ccc1Oc1cccc(F)c1C#N. The second kappa shape index (κ2) is 6.18. The van der Waals surface area contributed by atoms with Crippen molar-refractivity contribution in [3.05, 3.63) is 58.9 Å². The summed E-state index contributed by atoms with van der Waals surface area (Å²) in [6.07, 6.45) is 0. The third-order valence-electron chi connectivity index (χ3n) is 2.63. The van der Waals surface area contributed by atoms with Gasteiger partial charge < -0.3 is 4.74 Å². The number of hydrogen-bond acceptors (Lipinski definition) is 3. The van der Waals surface area contributed by atoms with E-state index in [1.54, 1.807) is 24.3 Å². The molecule has 0 bridgehead atoms. The van der Waals surface area contributed by atoms with Gasteiger partial charge in [0, 0.05) is 5.33 Å². The third-order valence-corrected chi connectivity index (χ3v) is 3.27. The second-order valence-electron chi connectivity index (χ2n) is 3.90. The molecule has 98 valence electrons. The van der Waals surface area contributed by atoms with Crippen LogP contribution >= 0.6 is 15.9 Å². The minimum Gasteiger partial charge on any atom is -0.454 e. The number of rotatable bonds is 3. The molecule has 0 aliphatic carbocycles. The van der Waals surface area contributed by atoms with Crippen LogP contribution in [0, 0.1) is 28.5 Å². The van der Waals surface area contributed by atoms with E-state index in [-0.39, 0.29) is 11.3 Å². The van der Waals surface area contributed by atoms with E-state index in [1.165, 1.54) is 18.2 Å². The van der Waals surface area contributed by atoms with Crippen LogP contribution in [0.2, 0.25) is 0 Å². The Morgan fingerprint density at radius 3 is 2.55 bits per heavy atom. The van der Waals surface area contributed by atoms with Gasteiger partial charge >= 0.3 is 0 Å². The molecule has 0 aliphatic rings. The van der Waals surface area contributed by atoms with Crippen molar-refractivity contribution in [2.75, 3.05) is 0 Å². The molecular weight excluding hydrogens is 323 g/mol. The zero-order chi connectivity index (χ0) is 14.5. The highest BCUT2D eigenvalue weighted by atomic mass is 79.9. The average Bonchev–Trinajstić information content (AvgIpc) is 2.48. The minimum atomic E-state index is -0.652. The molecule has 0 spiro atoms. The molecule has 0 unspecified atom stereocenters. The van der Waals surface area contributed by atoms with Crippen LogP contribution in [0.1, 0.15) is 16.7 Å². The fourth-order valence-electron chi connectivity index (χ4n) is 1.65. The van der Waals surface area contributed by atoms with Crippen LogP contribution in [0.5, 0.6) is 11.5 Å². The van der Waals surface area contributed by atoms with Gasteiger partial charge in [-0.2, -0.15) is 10.5 Å². The predicted octanol–water partition coefficient (Wildman–Crippen LogP) is 4.26. The number of nitrogens with zero attached hydrogens (tertiary/aromatic N) is 2. The molecule has 0 aromatic heterocycles. The highest BCUT2D eigenvalue weighted by Crippen LogP contribution is 2.29. The van der Waals surface area contributed by atoms with E-state index in [9.17, 15) is 4.39 Å². The van der Waals surface area contributed by atoms with E-state index in [1.807, 2.05) is 6.07 Å². The highest BCUT2D eigenvalue weighted by Gasteiger charge is 2.12. The lowest BCUT2D eigenvalue weighted by atomic mass is 10.1. The number of nitriles is 2. The molecule has 0 saturated carbocycles. The van der Waals surface area contributed by atoms with Crippen LogP contribution in [0.15, 0.2) is 36.4 Å². The molecule has 0 aliphatic heterocycles. The maximum atomic E-state index is 13.5. The Morgan fingerprint density at radius 1 is 1.10 bits per heavy atom. The maximum absolute atomic E-state index is 13.5. The largest absolute Gasteiger partial charge is 0.454 e. The first-order valence-electron chi connectivity index (χ1n) is 5.65. The van der Waals surface area contributed by atoms with Crippen LogP contribution in [0.4, 0.5) is 4.39 Å². The van der Waals surface area contributed by atoms with Crippen LogP contribution in [-0.2, 0) is 5.33 Å². The molecule has 2 rings (SSSR count). The Morgan fingerprint density at radius 2 is 1.90 bits per heavy atom. The number of alkyl halides is 1. The first-order chi connectivity index (χ1) is 9.69. The molecule has 0 amide bonds. The van der Waals surface area contributed by atoms with Crippen LogP contribution in [-0.4, -0.2) is 0 Å². The summed E-state index contributed by atoms with van der Waals surface area (Å²) < 4.78 is 19.0. The quantitative estimate of drug-likeness (QED) is 0.790. The Labute approximate surface area is 124 Å². The third kappa shape index (κ3) is 2.79. The van der Waals surface area contributed by atoms with E-state index in [2.05, 4.69) is 15.9 Å². The van der Waals surface area contributed by atoms with Gasteiger partial charge in [-0.05, 0) is 29.8 Å². The summed E-state index contributed by atoms with van der Waals surface area (Å²) >= 11 is 3.30. The predicted molar refractivity (Wildman–Crippen MR) is 75.0 cm³/mol. The lowest BCUT2D eigenvalue weighted by Gasteiger charge is -2.10. The maximum Gasteiger partial charge on any atom is 0.148 e. The normalized spacial score (nSPS) is 9.60. The van der Waals surface area contributed by atoms with Gasteiger partial charge in [0.05, 0.1) is 5.56 Å². The molecule has 0 fully saturated rings. The monoisotopic (exact) mass is 330 g/mol. The molecule has 3 nitrogen and oxygen atoms in total. The van der Waals surface area contributed by atoms with Gasteiger partial charge in [-0.1, -0.05) is 28.1 Å². The Balaban J connectivity index is 2.44. The second-order valence-corrected chi connectivity index (χ2v) is 4.46. The summed E-state index contributed by atoms with van der Waals surface area (Å²) in [5.74, 6) is -0.268. The molecule has 0 saturated heterocycles. The molecule has 0 heterocycles. The number of hydrogen-bond donors (Lipinski definition) is 0. The molecular formula is C15H8BrFN2O. The van der Waals surface area contributed by atoms with Gasteiger partial charge in [0.2, 0.25) is 0 Å². The summed E-state index contributed by atoms with van der Waals surface area (Å²) in [6.45, 7) is 0. The van der Waals surface area contributed by atoms with E-state index < -0.39 is 5.82 Å². The van der Waals surface area contributed by atoms with Crippen LogP contribution in [0.25, 0.3) is 0 Å². The summed E-state index contributed by atoms with van der Waals surface area (Å²) in [5, 5.41) is 18.7. The van der Waals surface area contributed by atoms with Crippen molar-refractivity contribution in [1.29, 1.82) is 10.5 Å². The molecule has 2 aromatic carbocycles. The van der Waals surface area contributed by atoms with Crippen LogP contribution in [0.3, 0.4) is 0 Å². The average molecular weight is 331 g/mol. The lowest BCUT2D eigenvalue weighted by molar-refractivity contribution is 0.473. The zero-order valence-electron chi connectivity index (χ0n) is 10.2. The van der Waals surface area contributed by atoms with Gasteiger partial charge in [0.1, 0.15) is 35.0 Å². The number of ether oxygens (including phenoxy) is 1. The van der Waals surface area contributed by atoms with Crippen molar-refractivity contribution in [2.45, 2.75) is 5.33 Å². The van der Waals surface area contributed by atoms with E-state index >= 15 is 0 Å². The summed E-state index contributed by atoms with van der Waals surface area (Å²) in [5.41, 5.74) is 1.07. The standard InChI is InChI=1S/C15H8BrFN2O/c16-7-10-4-5-14(11(6-10)8-18)20-15-3-1-2-13(17)12(15)9-19/h1-6H,7H2. The van der Waals surface area contributed by atoms with E-state index in [0.29, 0.717) is 16.6 Å². The van der Waals surface area contributed by atoms with Crippen molar-refractivity contribution in [3.8, 4) is 23.6 Å². The Hall–Kier alpha value is -2.37.